The van der Waals surface area contributed by atoms with Crippen molar-refractivity contribution in [3.63, 3.8) is 0 Å². The molecule has 2 aromatic rings. The first-order valence-electron chi connectivity index (χ1n) is 4.96. The fourth-order valence-electron chi connectivity index (χ4n) is 1.43. The Morgan fingerprint density at radius 2 is 1.94 bits per heavy atom. The highest BCUT2D eigenvalue weighted by molar-refractivity contribution is 9.10. The van der Waals surface area contributed by atoms with Gasteiger partial charge >= 0.3 is 0 Å². The molecule has 1 aromatic heterocycles. The standard InChI is InChI=1S/C12H7BrF2N2S/c13-8-3-9(18-6-8)5-17-12-10(14)1-7(4-16)2-11(12)15/h1-3,6,17H,5H2. The summed E-state index contributed by atoms with van der Waals surface area (Å²) >= 11 is 4.79. The average Bonchev–Trinajstić information content (AvgIpc) is 2.73. The summed E-state index contributed by atoms with van der Waals surface area (Å²) in [6.07, 6.45) is 0. The molecule has 0 bridgehead atoms. The van der Waals surface area contributed by atoms with E-state index in [0.717, 1.165) is 21.5 Å². The number of nitrogens with one attached hydrogen (secondary N) is 1. The van der Waals surface area contributed by atoms with E-state index in [4.69, 9.17) is 5.26 Å². The molecule has 92 valence electrons. The second-order valence-electron chi connectivity index (χ2n) is 3.51. The van der Waals surface area contributed by atoms with Crippen LogP contribution in [-0.2, 0) is 6.54 Å². The Hall–Kier alpha value is -1.45. The predicted octanol–water partition coefficient (Wildman–Crippen LogP) is 4.27. The third-order valence-corrected chi connectivity index (χ3v) is 3.93. The molecule has 18 heavy (non-hydrogen) atoms. The summed E-state index contributed by atoms with van der Waals surface area (Å²) in [4.78, 5) is 0.949. The van der Waals surface area contributed by atoms with E-state index in [1.807, 2.05) is 11.4 Å². The van der Waals surface area contributed by atoms with Gasteiger partial charge in [0.2, 0.25) is 0 Å². The van der Waals surface area contributed by atoms with Crippen molar-refractivity contribution >= 4 is 33.0 Å². The lowest BCUT2D eigenvalue weighted by molar-refractivity contribution is 0.587. The summed E-state index contributed by atoms with van der Waals surface area (Å²) in [5.74, 6) is -1.52. The molecular weight excluding hydrogens is 322 g/mol. The summed E-state index contributed by atoms with van der Waals surface area (Å²) < 4.78 is 28.0. The van der Waals surface area contributed by atoms with Gasteiger partial charge in [-0.25, -0.2) is 8.78 Å². The van der Waals surface area contributed by atoms with Gasteiger partial charge in [-0.3, -0.25) is 0 Å². The van der Waals surface area contributed by atoms with Crippen LogP contribution in [0.1, 0.15) is 10.4 Å². The third-order valence-electron chi connectivity index (χ3n) is 2.23. The van der Waals surface area contributed by atoms with E-state index in [1.54, 1.807) is 6.07 Å². The van der Waals surface area contributed by atoms with Crippen LogP contribution in [0, 0.1) is 23.0 Å². The van der Waals surface area contributed by atoms with Crippen molar-refractivity contribution in [2.24, 2.45) is 0 Å². The van der Waals surface area contributed by atoms with E-state index in [9.17, 15) is 8.78 Å². The summed E-state index contributed by atoms with van der Waals surface area (Å²) in [5, 5.41) is 13.2. The maximum absolute atomic E-state index is 13.5. The second-order valence-corrected chi connectivity index (χ2v) is 5.42. The van der Waals surface area contributed by atoms with Crippen LogP contribution in [0.15, 0.2) is 28.1 Å². The van der Waals surface area contributed by atoms with Gasteiger partial charge in [0.15, 0.2) is 11.6 Å². The van der Waals surface area contributed by atoms with Gasteiger partial charge in [0.25, 0.3) is 0 Å². The fraction of sp³-hybridized carbons (Fsp3) is 0.0833. The normalized spacial score (nSPS) is 10.1. The van der Waals surface area contributed by atoms with Crippen molar-refractivity contribution in [2.45, 2.75) is 6.54 Å². The summed E-state index contributed by atoms with van der Waals surface area (Å²) in [6.45, 7) is 0.329. The van der Waals surface area contributed by atoms with E-state index in [0.29, 0.717) is 6.54 Å². The van der Waals surface area contributed by atoms with Gasteiger partial charge in [-0.15, -0.1) is 11.3 Å². The number of nitrogens with zero attached hydrogens (tertiary/aromatic N) is 1. The van der Waals surface area contributed by atoms with Gasteiger partial charge in [-0.2, -0.15) is 5.26 Å². The van der Waals surface area contributed by atoms with Gasteiger partial charge in [-0.05, 0) is 34.1 Å². The molecule has 1 N–H and O–H groups in total. The highest BCUT2D eigenvalue weighted by atomic mass is 79.9. The van der Waals surface area contributed by atoms with Crippen LogP contribution in [-0.4, -0.2) is 0 Å². The van der Waals surface area contributed by atoms with Crippen molar-refractivity contribution in [1.29, 1.82) is 5.26 Å². The molecule has 0 aliphatic carbocycles. The molecule has 1 heterocycles. The number of thiophene rings is 1. The van der Waals surface area contributed by atoms with Crippen molar-refractivity contribution in [3.8, 4) is 6.07 Å². The highest BCUT2D eigenvalue weighted by Gasteiger charge is 2.11. The van der Waals surface area contributed by atoms with Crippen molar-refractivity contribution < 1.29 is 8.78 Å². The predicted molar refractivity (Wildman–Crippen MR) is 70.4 cm³/mol. The van der Waals surface area contributed by atoms with Crippen LogP contribution >= 0.6 is 27.3 Å². The molecule has 0 spiro atoms. The average molecular weight is 329 g/mol. The molecule has 0 amide bonds. The zero-order valence-electron chi connectivity index (χ0n) is 9.01. The smallest absolute Gasteiger partial charge is 0.150 e. The van der Waals surface area contributed by atoms with Crippen LogP contribution in [0.25, 0.3) is 0 Å². The molecule has 6 heteroatoms. The first-order chi connectivity index (χ1) is 8.60. The molecule has 2 rings (SSSR count). The Bertz CT molecular complexity index is 596. The van der Waals surface area contributed by atoms with Gasteiger partial charge in [0.05, 0.1) is 11.6 Å². The van der Waals surface area contributed by atoms with Gasteiger partial charge in [0, 0.05) is 21.3 Å². The summed E-state index contributed by atoms with van der Waals surface area (Å²) in [5.41, 5.74) is -0.243. The zero-order chi connectivity index (χ0) is 13.1. The third kappa shape index (κ3) is 2.86. The summed E-state index contributed by atoms with van der Waals surface area (Å²) in [6, 6.07) is 5.59. The van der Waals surface area contributed by atoms with E-state index in [1.165, 1.54) is 11.3 Å². The number of nitriles is 1. The molecule has 1 aromatic carbocycles. The first kappa shape index (κ1) is 13.0. The molecule has 2 nitrogen and oxygen atoms in total. The van der Waals surface area contributed by atoms with Crippen molar-refractivity contribution in [3.05, 3.63) is 50.1 Å². The minimum absolute atomic E-state index is 0.0329. The van der Waals surface area contributed by atoms with Crippen LogP contribution in [0.5, 0.6) is 0 Å². The van der Waals surface area contributed by atoms with E-state index < -0.39 is 11.6 Å². The maximum Gasteiger partial charge on any atom is 0.150 e. The van der Waals surface area contributed by atoms with E-state index in [2.05, 4.69) is 21.2 Å². The SMILES string of the molecule is N#Cc1cc(F)c(NCc2cc(Br)cs2)c(F)c1. The van der Waals surface area contributed by atoms with Gasteiger partial charge in [0.1, 0.15) is 5.69 Å². The first-order valence-corrected chi connectivity index (χ1v) is 6.63. The van der Waals surface area contributed by atoms with Crippen LogP contribution < -0.4 is 5.32 Å². The molecule has 0 fully saturated rings. The minimum Gasteiger partial charge on any atom is -0.375 e. The Morgan fingerprint density at radius 3 is 2.44 bits per heavy atom. The van der Waals surface area contributed by atoms with E-state index in [-0.39, 0.29) is 11.3 Å². The Balaban J connectivity index is 2.17. The number of rotatable bonds is 3. The number of halogens is 3. The quantitative estimate of drug-likeness (QED) is 0.913. The molecule has 0 atom stereocenters. The van der Waals surface area contributed by atoms with Crippen molar-refractivity contribution in [1.82, 2.24) is 0 Å². The Kier molecular flexibility index (Phi) is 3.94. The van der Waals surface area contributed by atoms with Gasteiger partial charge in [-0.1, -0.05) is 0 Å². The molecule has 0 saturated carbocycles. The topological polar surface area (TPSA) is 35.8 Å². The molecule has 0 aliphatic rings. The second kappa shape index (κ2) is 5.46. The Morgan fingerprint density at radius 1 is 1.28 bits per heavy atom. The van der Waals surface area contributed by atoms with Crippen LogP contribution in [0.2, 0.25) is 0 Å². The monoisotopic (exact) mass is 328 g/mol. The maximum atomic E-state index is 13.5. The molecular formula is C12H7BrF2N2S. The lowest BCUT2D eigenvalue weighted by atomic mass is 10.2. The van der Waals surface area contributed by atoms with E-state index >= 15 is 0 Å². The summed E-state index contributed by atoms with van der Waals surface area (Å²) in [7, 11) is 0. The lowest BCUT2D eigenvalue weighted by Crippen LogP contribution is -2.03. The number of hydrogen-bond donors (Lipinski definition) is 1. The zero-order valence-corrected chi connectivity index (χ0v) is 11.4. The number of hydrogen-bond acceptors (Lipinski definition) is 3. The largest absolute Gasteiger partial charge is 0.375 e. The van der Waals surface area contributed by atoms with Gasteiger partial charge < -0.3 is 5.32 Å². The van der Waals surface area contributed by atoms with Crippen LogP contribution in [0.3, 0.4) is 0 Å². The van der Waals surface area contributed by atoms with Crippen molar-refractivity contribution in [2.75, 3.05) is 5.32 Å². The molecule has 0 saturated heterocycles. The minimum atomic E-state index is -0.762. The fourth-order valence-corrected chi connectivity index (χ4v) is 2.82. The molecule has 0 unspecified atom stereocenters. The molecule has 0 radical (unpaired) electrons. The Labute approximate surface area is 115 Å². The number of anilines is 1. The molecule has 0 aliphatic heterocycles. The van der Waals surface area contributed by atoms with Crippen LogP contribution in [0.4, 0.5) is 14.5 Å². The highest BCUT2D eigenvalue weighted by Crippen LogP contribution is 2.24. The number of benzene rings is 1. The lowest BCUT2D eigenvalue weighted by Gasteiger charge is -2.07.